The summed E-state index contributed by atoms with van der Waals surface area (Å²) in [4.78, 5) is 26.1. The number of fused-ring (bicyclic) bond motifs is 1. The van der Waals surface area contributed by atoms with E-state index in [1.165, 1.54) is 0 Å². The highest BCUT2D eigenvalue weighted by molar-refractivity contribution is 6.24. The van der Waals surface area contributed by atoms with Crippen molar-refractivity contribution in [1.82, 2.24) is 4.90 Å². The van der Waals surface area contributed by atoms with Gasteiger partial charge in [0.05, 0.1) is 17.2 Å². The second-order valence-electron chi connectivity index (χ2n) is 5.05. The number of rotatable bonds is 3. The maximum atomic E-state index is 12.5. The molecule has 3 rings (SSSR count). The van der Waals surface area contributed by atoms with Crippen LogP contribution in [0.5, 0.6) is 0 Å². The lowest BCUT2D eigenvalue weighted by Crippen LogP contribution is -2.43. The van der Waals surface area contributed by atoms with Gasteiger partial charge in [-0.2, -0.15) is 0 Å². The van der Waals surface area contributed by atoms with Crippen LogP contribution in [0.4, 0.5) is 0 Å². The molecule has 1 aliphatic heterocycles. The van der Waals surface area contributed by atoms with Crippen LogP contribution in [0.3, 0.4) is 0 Å². The maximum Gasteiger partial charge on any atom is 0.262 e. The fourth-order valence-electron chi connectivity index (χ4n) is 2.67. The molecule has 5 nitrogen and oxygen atoms in total. The van der Waals surface area contributed by atoms with Crippen LogP contribution >= 0.6 is 0 Å². The van der Waals surface area contributed by atoms with Crippen molar-refractivity contribution < 1.29 is 14.8 Å². The smallest absolute Gasteiger partial charge is 0.262 e. The van der Waals surface area contributed by atoms with Crippen LogP contribution in [0.1, 0.15) is 33.2 Å². The molecule has 0 saturated heterocycles. The van der Waals surface area contributed by atoms with Crippen molar-refractivity contribution in [3.63, 3.8) is 0 Å². The molecule has 1 aliphatic rings. The second-order valence-corrected chi connectivity index (χ2v) is 5.05. The molecule has 0 fully saturated rings. The van der Waals surface area contributed by atoms with E-state index in [1.807, 2.05) is 6.07 Å². The minimum absolute atomic E-state index is 0.273. The number of carbonyl (C=O) groups is 2. The molecule has 0 radical (unpaired) electrons. The van der Waals surface area contributed by atoms with Gasteiger partial charge < -0.3 is 5.21 Å². The third-order valence-electron chi connectivity index (χ3n) is 3.79. The minimum atomic E-state index is -0.667. The van der Waals surface area contributed by atoms with Crippen molar-refractivity contribution in [1.29, 1.82) is 0 Å². The number of amides is 2. The molecular weight excluding hydrogens is 280 g/mol. The summed E-state index contributed by atoms with van der Waals surface area (Å²) >= 11 is 0. The molecule has 22 heavy (non-hydrogen) atoms. The van der Waals surface area contributed by atoms with Crippen molar-refractivity contribution in [2.24, 2.45) is 5.16 Å². The first-order valence-corrected chi connectivity index (χ1v) is 6.89. The Hall–Kier alpha value is -2.95. The van der Waals surface area contributed by atoms with Gasteiger partial charge in [0.1, 0.15) is 5.71 Å². The van der Waals surface area contributed by atoms with Gasteiger partial charge in [-0.25, -0.2) is 0 Å². The van der Waals surface area contributed by atoms with Crippen LogP contribution in [0, 0.1) is 0 Å². The number of oxime groups is 1. The average Bonchev–Trinajstić information content (AvgIpc) is 2.81. The van der Waals surface area contributed by atoms with Crippen molar-refractivity contribution in [2.45, 2.75) is 13.0 Å². The normalized spacial score (nSPS) is 15.9. The third-order valence-corrected chi connectivity index (χ3v) is 3.79. The molecule has 110 valence electrons. The van der Waals surface area contributed by atoms with Gasteiger partial charge in [-0.05, 0) is 19.1 Å². The average molecular weight is 294 g/mol. The molecule has 0 aliphatic carbocycles. The summed E-state index contributed by atoms with van der Waals surface area (Å²) in [6.07, 6.45) is 0. The van der Waals surface area contributed by atoms with Gasteiger partial charge in [-0.3, -0.25) is 14.5 Å². The molecule has 0 spiro atoms. The van der Waals surface area contributed by atoms with Crippen molar-refractivity contribution in [3.8, 4) is 0 Å². The second kappa shape index (κ2) is 5.44. The minimum Gasteiger partial charge on any atom is -0.411 e. The van der Waals surface area contributed by atoms with Crippen LogP contribution in [-0.4, -0.2) is 33.7 Å². The van der Waals surface area contributed by atoms with Crippen LogP contribution in [0.25, 0.3) is 0 Å². The van der Waals surface area contributed by atoms with Gasteiger partial charge in [0, 0.05) is 5.56 Å². The summed E-state index contributed by atoms with van der Waals surface area (Å²) in [5.41, 5.74) is 1.69. The van der Waals surface area contributed by atoms with Crippen molar-refractivity contribution in [2.75, 3.05) is 0 Å². The molecule has 0 bridgehead atoms. The first kappa shape index (κ1) is 14.0. The zero-order chi connectivity index (χ0) is 15.7. The summed E-state index contributed by atoms with van der Waals surface area (Å²) in [7, 11) is 0. The van der Waals surface area contributed by atoms with Crippen LogP contribution in [0.2, 0.25) is 0 Å². The topological polar surface area (TPSA) is 70.0 Å². The number of hydrogen-bond donors (Lipinski definition) is 1. The Labute approximate surface area is 127 Å². The SMILES string of the molecule is CC(C(=NO)c1ccccc1)N1C(=O)c2ccccc2C1=O. The van der Waals surface area contributed by atoms with E-state index in [9.17, 15) is 14.8 Å². The van der Waals surface area contributed by atoms with Crippen molar-refractivity contribution >= 4 is 17.5 Å². The van der Waals surface area contributed by atoms with E-state index in [1.54, 1.807) is 55.5 Å². The van der Waals surface area contributed by atoms with E-state index < -0.39 is 6.04 Å². The van der Waals surface area contributed by atoms with Crippen LogP contribution in [-0.2, 0) is 0 Å². The number of nitrogens with zero attached hydrogens (tertiary/aromatic N) is 2. The number of imide groups is 1. The zero-order valence-electron chi connectivity index (χ0n) is 11.9. The quantitative estimate of drug-likeness (QED) is 0.409. The first-order valence-electron chi connectivity index (χ1n) is 6.89. The predicted octanol–water partition coefficient (Wildman–Crippen LogP) is 2.55. The van der Waals surface area contributed by atoms with Crippen LogP contribution < -0.4 is 0 Å². The predicted molar refractivity (Wildman–Crippen MR) is 81.2 cm³/mol. The molecular formula is C17H14N2O3. The van der Waals surface area contributed by atoms with E-state index in [0.717, 1.165) is 4.90 Å². The third kappa shape index (κ3) is 2.07. The molecule has 0 saturated carbocycles. The fourth-order valence-corrected chi connectivity index (χ4v) is 2.67. The summed E-state index contributed by atoms with van der Waals surface area (Å²) < 4.78 is 0. The summed E-state index contributed by atoms with van der Waals surface area (Å²) in [5.74, 6) is -0.740. The molecule has 1 atom stereocenters. The number of hydrogen-bond acceptors (Lipinski definition) is 4. The Bertz CT molecular complexity index is 733. The monoisotopic (exact) mass is 294 g/mol. The van der Waals surface area contributed by atoms with Gasteiger partial charge in [0.15, 0.2) is 0 Å². The molecule has 2 aromatic carbocycles. The van der Waals surface area contributed by atoms with E-state index >= 15 is 0 Å². The largest absolute Gasteiger partial charge is 0.411 e. The lowest BCUT2D eigenvalue weighted by atomic mass is 10.0. The highest BCUT2D eigenvalue weighted by atomic mass is 16.4. The lowest BCUT2D eigenvalue weighted by Gasteiger charge is -2.23. The first-order chi connectivity index (χ1) is 10.6. The van der Waals surface area contributed by atoms with E-state index in [-0.39, 0.29) is 17.5 Å². The standard InChI is InChI=1S/C17H14N2O3/c1-11(15(18-22)12-7-3-2-4-8-12)19-16(20)13-9-5-6-10-14(13)17(19)21/h2-11,22H,1H3. The van der Waals surface area contributed by atoms with Crippen molar-refractivity contribution in [3.05, 3.63) is 71.3 Å². The fraction of sp³-hybridized carbons (Fsp3) is 0.118. The highest BCUT2D eigenvalue weighted by Crippen LogP contribution is 2.25. The van der Waals surface area contributed by atoms with E-state index in [0.29, 0.717) is 16.7 Å². The molecule has 5 heteroatoms. The summed E-state index contributed by atoms with van der Waals surface area (Å²) in [6.45, 7) is 1.67. The lowest BCUT2D eigenvalue weighted by molar-refractivity contribution is 0.0634. The summed E-state index contributed by atoms with van der Waals surface area (Å²) in [5, 5.41) is 12.6. The Morgan fingerprint density at radius 2 is 1.45 bits per heavy atom. The molecule has 1 unspecified atom stereocenters. The number of carbonyl (C=O) groups excluding carboxylic acids is 2. The molecule has 1 heterocycles. The van der Waals surface area contributed by atoms with E-state index in [4.69, 9.17) is 0 Å². The Morgan fingerprint density at radius 1 is 0.955 bits per heavy atom. The van der Waals surface area contributed by atoms with Gasteiger partial charge >= 0.3 is 0 Å². The zero-order valence-corrected chi connectivity index (χ0v) is 11.9. The molecule has 0 aromatic heterocycles. The van der Waals surface area contributed by atoms with Gasteiger partial charge in [0.2, 0.25) is 0 Å². The molecule has 2 amide bonds. The van der Waals surface area contributed by atoms with Gasteiger partial charge in [-0.1, -0.05) is 47.6 Å². The van der Waals surface area contributed by atoms with E-state index in [2.05, 4.69) is 5.16 Å². The number of benzene rings is 2. The molecule has 2 aromatic rings. The highest BCUT2D eigenvalue weighted by Gasteiger charge is 2.40. The molecule has 1 N–H and O–H groups in total. The van der Waals surface area contributed by atoms with Gasteiger partial charge in [0.25, 0.3) is 11.8 Å². The van der Waals surface area contributed by atoms with Crippen LogP contribution in [0.15, 0.2) is 59.8 Å². The Balaban J connectivity index is 1.98. The Kier molecular flexibility index (Phi) is 3.47. The van der Waals surface area contributed by atoms with Gasteiger partial charge in [-0.15, -0.1) is 0 Å². The maximum absolute atomic E-state index is 12.5. The summed E-state index contributed by atoms with van der Waals surface area (Å²) in [6, 6.07) is 15.0. The Morgan fingerprint density at radius 3 is 1.95 bits per heavy atom.